The molecule has 0 aliphatic carbocycles. The van der Waals surface area contributed by atoms with Crippen LogP contribution < -0.4 is 9.64 Å². The monoisotopic (exact) mass is 356 g/mol. The number of aromatic amines is 1. The van der Waals surface area contributed by atoms with Gasteiger partial charge in [0.25, 0.3) is 0 Å². The van der Waals surface area contributed by atoms with Crippen molar-refractivity contribution in [1.29, 1.82) is 0 Å². The van der Waals surface area contributed by atoms with Gasteiger partial charge < -0.3 is 19.7 Å². The van der Waals surface area contributed by atoms with Gasteiger partial charge in [-0.05, 0) is 37.0 Å². The first kappa shape index (κ1) is 16.7. The Labute approximate surface area is 149 Å². The molecule has 7 nitrogen and oxygen atoms in total. The standard InChI is InChI=1S/C18H20FN5O2/c1-26-18-20-9-12-8-14(21-17(12)23-18)13-2-3-15(22-16(13)19)24-6-4-11(10-25)5-7-24/h2-3,8-9,11,25H,4-7,10H2,1H3,(H,20,21,23)/i19-1. The lowest BCUT2D eigenvalue weighted by atomic mass is 9.98. The highest BCUT2D eigenvalue weighted by Crippen LogP contribution is 2.28. The number of methoxy groups -OCH3 is 1. The second-order valence-corrected chi connectivity index (χ2v) is 6.46. The Balaban J connectivity index is 1.60. The molecule has 8 heteroatoms. The molecule has 1 fully saturated rings. The van der Waals surface area contributed by atoms with Crippen LogP contribution in [0.5, 0.6) is 6.01 Å². The summed E-state index contributed by atoms with van der Waals surface area (Å²) in [5, 5.41) is 10.0. The van der Waals surface area contributed by atoms with Gasteiger partial charge in [-0.2, -0.15) is 9.37 Å². The van der Waals surface area contributed by atoms with Crippen LogP contribution >= 0.6 is 0 Å². The van der Waals surface area contributed by atoms with Gasteiger partial charge in [-0.3, -0.25) is 0 Å². The Morgan fingerprint density at radius 1 is 1.31 bits per heavy atom. The van der Waals surface area contributed by atoms with Crippen LogP contribution in [0, 0.1) is 11.9 Å². The largest absolute Gasteiger partial charge is 0.467 e. The molecule has 0 atom stereocenters. The fourth-order valence-electron chi connectivity index (χ4n) is 3.29. The van der Waals surface area contributed by atoms with Crippen molar-refractivity contribution in [3.8, 4) is 17.3 Å². The lowest BCUT2D eigenvalue weighted by Gasteiger charge is -2.32. The minimum Gasteiger partial charge on any atom is -0.467 e. The SMILES string of the molecule is COc1ncc2cc(-c3ccc(N4CCC(CO)CC4)nc3[18F])[nH]c2n1. The molecule has 4 heterocycles. The van der Waals surface area contributed by atoms with E-state index in [-0.39, 0.29) is 12.6 Å². The van der Waals surface area contributed by atoms with Gasteiger partial charge in [0.05, 0.1) is 18.4 Å². The maximum Gasteiger partial charge on any atom is 0.318 e. The molecular weight excluding hydrogens is 336 g/mol. The van der Waals surface area contributed by atoms with Crippen LogP contribution in [0.25, 0.3) is 22.3 Å². The van der Waals surface area contributed by atoms with Gasteiger partial charge in [-0.25, -0.2) is 9.97 Å². The second kappa shape index (κ2) is 6.87. The average molecular weight is 356 g/mol. The van der Waals surface area contributed by atoms with E-state index in [0.29, 0.717) is 28.6 Å². The first-order valence-electron chi connectivity index (χ1n) is 8.60. The maximum absolute atomic E-state index is 14.6. The Morgan fingerprint density at radius 2 is 2.12 bits per heavy atom. The molecule has 0 bridgehead atoms. The summed E-state index contributed by atoms with van der Waals surface area (Å²) in [5.41, 5.74) is 1.57. The zero-order valence-electron chi connectivity index (χ0n) is 14.4. The van der Waals surface area contributed by atoms with Crippen LogP contribution in [-0.4, -0.2) is 51.8 Å². The number of ether oxygens (including phenoxy) is 1. The fourth-order valence-corrected chi connectivity index (χ4v) is 3.29. The molecule has 0 saturated carbocycles. The third kappa shape index (κ3) is 3.08. The van der Waals surface area contributed by atoms with Crippen LogP contribution in [0.15, 0.2) is 24.4 Å². The molecule has 0 spiro atoms. The molecule has 3 aromatic rings. The van der Waals surface area contributed by atoms with Gasteiger partial charge in [-0.1, -0.05) is 0 Å². The first-order chi connectivity index (χ1) is 12.7. The number of aromatic nitrogens is 4. The third-order valence-corrected chi connectivity index (χ3v) is 4.85. The normalized spacial score (nSPS) is 15.6. The summed E-state index contributed by atoms with van der Waals surface area (Å²) < 4.78 is 19.7. The number of piperidine rings is 1. The summed E-state index contributed by atoms with van der Waals surface area (Å²) in [5.74, 6) is 0.429. The molecule has 136 valence electrons. The van der Waals surface area contributed by atoms with Crippen molar-refractivity contribution < 1.29 is 14.2 Å². The molecule has 1 aliphatic rings. The molecular formula is C18H20FN5O2. The summed E-state index contributed by atoms with van der Waals surface area (Å²) in [6, 6.07) is 5.60. The summed E-state index contributed by atoms with van der Waals surface area (Å²) in [7, 11) is 1.50. The van der Waals surface area contributed by atoms with Crippen molar-refractivity contribution in [1.82, 2.24) is 19.9 Å². The van der Waals surface area contributed by atoms with Crippen molar-refractivity contribution in [2.45, 2.75) is 12.8 Å². The minimum absolute atomic E-state index is 0.211. The molecule has 1 aliphatic heterocycles. The number of nitrogens with one attached hydrogen (secondary N) is 1. The number of fused-ring (bicyclic) bond motifs is 1. The smallest absolute Gasteiger partial charge is 0.318 e. The third-order valence-electron chi connectivity index (χ3n) is 4.85. The molecule has 0 radical (unpaired) electrons. The molecule has 0 unspecified atom stereocenters. The summed E-state index contributed by atoms with van der Waals surface area (Å²) in [6.07, 6.45) is 3.42. The van der Waals surface area contributed by atoms with Crippen LogP contribution in [0.4, 0.5) is 10.2 Å². The van der Waals surface area contributed by atoms with Gasteiger partial charge in [0, 0.05) is 31.3 Å². The van der Waals surface area contributed by atoms with Gasteiger partial charge in [0.15, 0.2) is 0 Å². The highest BCUT2D eigenvalue weighted by molar-refractivity contribution is 5.82. The van der Waals surface area contributed by atoms with Gasteiger partial charge in [0.2, 0.25) is 5.95 Å². The molecule has 2 N–H and O–H groups in total. The number of rotatable bonds is 4. The van der Waals surface area contributed by atoms with Crippen molar-refractivity contribution >= 4 is 16.9 Å². The number of anilines is 1. The molecule has 1 saturated heterocycles. The predicted molar refractivity (Wildman–Crippen MR) is 95.7 cm³/mol. The number of hydrogen-bond acceptors (Lipinski definition) is 6. The van der Waals surface area contributed by atoms with Crippen LogP contribution in [0.2, 0.25) is 0 Å². The van der Waals surface area contributed by atoms with E-state index in [9.17, 15) is 9.50 Å². The van der Waals surface area contributed by atoms with E-state index in [4.69, 9.17) is 4.74 Å². The number of aliphatic hydroxyl groups is 1. The number of H-pyrrole nitrogens is 1. The minimum atomic E-state index is -0.529. The van der Waals surface area contributed by atoms with E-state index in [1.807, 2.05) is 6.07 Å². The predicted octanol–water partition coefficient (Wildman–Crippen LogP) is 2.38. The summed E-state index contributed by atoms with van der Waals surface area (Å²) in [6.45, 7) is 1.76. The highest BCUT2D eigenvalue weighted by Gasteiger charge is 2.21. The second-order valence-electron chi connectivity index (χ2n) is 6.46. The van der Waals surface area contributed by atoms with Gasteiger partial charge >= 0.3 is 6.01 Å². The van der Waals surface area contributed by atoms with E-state index >= 15 is 0 Å². The maximum atomic E-state index is 14.6. The van der Waals surface area contributed by atoms with E-state index in [1.165, 1.54) is 7.11 Å². The van der Waals surface area contributed by atoms with E-state index in [0.717, 1.165) is 31.3 Å². The van der Waals surface area contributed by atoms with Crippen molar-refractivity contribution in [3.63, 3.8) is 0 Å². The Bertz CT molecular complexity index is 921. The van der Waals surface area contributed by atoms with Crippen molar-refractivity contribution in [2.75, 3.05) is 31.7 Å². The van der Waals surface area contributed by atoms with Gasteiger partial charge in [0.1, 0.15) is 11.5 Å². The molecule has 0 aromatic carbocycles. The molecule has 4 rings (SSSR count). The van der Waals surface area contributed by atoms with Crippen LogP contribution in [-0.2, 0) is 0 Å². The number of nitrogens with zero attached hydrogens (tertiary/aromatic N) is 4. The zero-order chi connectivity index (χ0) is 18.1. The number of hydrogen-bond donors (Lipinski definition) is 2. The Kier molecular flexibility index (Phi) is 4.42. The topological polar surface area (TPSA) is 87.2 Å². The quantitative estimate of drug-likeness (QED) is 0.698. The number of halogens is 1. The number of aliphatic hydroxyl groups excluding tert-OH is 1. The lowest BCUT2D eigenvalue weighted by molar-refractivity contribution is 0.202. The summed E-state index contributed by atoms with van der Waals surface area (Å²) in [4.78, 5) is 17.6. The summed E-state index contributed by atoms with van der Waals surface area (Å²) >= 11 is 0. The number of pyridine rings is 1. The van der Waals surface area contributed by atoms with Crippen molar-refractivity contribution in [2.24, 2.45) is 5.92 Å². The van der Waals surface area contributed by atoms with E-state index in [1.54, 1.807) is 18.3 Å². The van der Waals surface area contributed by atoms with Crippen LogP contribution in [0.1, 0.15) is 12.8 Å². The lowest BCUT2D eigenvalue weighted by Crippen LogP contribution is -2.35. The Hall–Kier alpha value is -2.74. The van der Waals surface area contributed by atoms with Gasteiger partial charge in [-0.15, -0.1) is 0 Å². The molecule has 26 heavy (non-hydrogen) atoms. The van der Waals surface area contributed by atoms with Crippen molar-refractivity contribution in [3.05, 3.63) is 30.3 Å². The zero-order valence-corrected chi connectivity index (χ0v) is 14.4. The average Bonchev–Trinajstić information content (AvgIpc) is 3.10. The van der Waals surface area contributed by atoms with E-state index in [2.05, 4.69) is 24.8 Å². The highest BCUT2D eigenvalue weighted by atomic mass is 18.2. The molecule has 3 aromatic heterocycles. The van der Waals surface area contributed by atoms with E-state index < -0.39 is 5.95 Å². The first-order valence-corrected chi connectivity index (χ1v) is 8.60. The van der Waals surface area contributed by atoms with Crippen LogP contribution in [0.3, 0.4) is 0 Å². The molecule has 0 amide bonds. The Morgan fingerprint density at radius 3 is 2.81 bits per heavy atom. The fraction of sp³-hybridized carbons (Fsp3) is 0.389.